The number of Topliss-reactive ketones (excluding diaryl/α,β-unsaturated/α-hetero) is 1. The van der Waals surface area contributed by atoms with Gasteiger partial charge in [-0.15, -0.1) is 11.6 Å². The molecule has 0 heterocycles. The van der Waals surface area contributed by atoms with Crippen LogP contribution in [0.25, 0.3) is 0 Å². The average molecular weight is 286 g/mol. The van der Waals surface area contributed by atoms with E-state index in [4.69, 9.17) is 23.2 Å². The van der Waals surface area contributed by atoms with Crippen molar-refractivity contribution in [3.8, 4) is 0 Å². The summed E-state index contributed by atoms with van der Waals surface area (Å²) in [6.45, 7) is 0. The molecule has 0 saturated carbocycles. The molecular formula is C8H4BrCl2FO. The Balaban J connectivity index is 3.33. The van der Waals surface area contributed by atoms with Crippen LogP contribution in [-0.2, 0) is 0 Å². The van der Waals surface area contributed by atoms with E-state index in [2.05, 4.69) is 15.9 Å². The smallest absolute Gasteiger partial charge is 0.180 e. The molecular weight excluding hydrogens is 282 g/mol. The van der Waals surface area contributed by atoms with Crippen molar-refractivity contribution in [2.75, 3.05) is 5.88 Å². The molecule has 0 aliphatic heterocycles. The summed E-state index contributed by atoms with van der Waals surface area (Å²) in [6.07, 6.45) is 0. The molecule has 70 valence electrons. The van der Waals surface area contributed by atoms with E-state index in [0.29, 0.717) is 0 Å². The van der Waals surface area contributed by atoms with E-state index in [1.807, 2.05) is 0 Å². The molecule has 13 heavy (non-hydrogen) atoms. The Kier molecular flexibility index (Phi) is 3.71. The first-order chi connectivity index (χ1) is 6.07. The first kappa shape index (κ1) is 11.0. The largest absolute Gasteiger partial charge is 0.293 e. The maximum Gasteiger partial charge on any atom is 0.180 e. The van der Waals surface area contributed by atoms with Crippen molar-refractivity contribution in [2.45, 2.75) is 0 Å². The van der Waals surface area contributed by atoms with E-state index in [-0.39, 0.29) is 20.9 Å². The Morgan fingerprint density at radius 2 is 2.15 bits per heavy atom. The van der Waals surface area contributed by atoms with Crippen molar-refractivity contribution >= 4 is 44.9 Å². The van der Waals surface area contributed by atoms with Crippen molar-refractivity contribution in [1.29, 1.82) is 0 Å². The number of benzene rings is 1. The van der Waals surface area contributed by atoms with Gasteiger partial charge in [-0.25, -0.2) is 4.39 Å². The van der Waals surface area contributed by atoms with Crippen molar-refractivity contribution in [3.63, 3.8) is 0 Å². The van der Waals surface area contributed by atoms with Gasteiger partial charge in [0.05, 0.1) is 20.9 Å². The molecule has 5 heteroatoms. The number of carbonyl (C=O) groups excluding carboxylic acids is 1. The van der Waals surface area contributed by atoms with Gasteiger partial charge in [0, 0.05) is 0 Å². The lowest BCUT2D eigenvalue weighted by atomic mass is 10.1. The number of hydrogen-bond donors (Lipinski definition) is 0. The maximum absolute atomic E-state index is 13.0. The SMILES string of the molecule is O=C(CCl)c1c(Cl)ccc(F)c1Br. The standard InChI is InChI=1S/C8H4BrCl2FO/c9-8-5(12)2-1-4(11)7(8)6(13)3-10/h1-2H,3H2. The highest BCUT2D eigenvalue weighted by Crippen LogP contribution is 2.28. The zero-order chi connectivity index (χ0) is 10.0. The molecule has 0 fully saturated rings. The summed E-state index contributed by atoms with van der Waals surface area (Å²) in [5.41, 5.74) is 0.0941. The van der Waals surface area contributed by atoms with Crippen LogP contribution in [0.5, 0.6) is 0 Å². The molecule has 0 saturated heterocycles. The highest BCUT2D eigenvalue weighted by Gasteiger charge is 2.16. The van der Waals surface area contributed by atoms with Crippen LogP contribution in [0.2, 0.25) is 5.02 Å². The van der Waals surface area contributed by atoms with Gasteiger partial charge in [0.1, 0.15) is 5.82 Å². The summed E-state index contributed by atoms with van der Waals surface area (Å²) in [4.78, 5) is 11.2. The lowest BCUT2D eigenvalue weighted by molar-refractivity contribution is 0.102. The summed E-state index contributed by atoms with van der Waals surface area (Å²) in [7, 11) is 0. The second-order valence-corrected chi connectivity index (χ2v) is 3.74. The monoisotopic (exact) mass is 284 g/mol. The lowest BCUT2D eigenvalue weighted by Gasteiger charge is -2.04. The first-order valence-electron chi connectivity index (χ1n) is 3.30. The number of carbonyl (C=O) groups is 1. The Hall–Kier alpha value is -0.120. The molecule has 1 aromatic carbocycles. The molecule has 0 aliphatic rings. The fraction of sp³-hybridized carbons (Fsp3) is 0.125. The minimum absolute atomic E-state index is 0.0608. The van der Waals surface area contributed by atoms with Crippen LogP contribution in [-0.4, -0.2) is 11.7 Å². The number of rotatable bonds is 2. The van der Waals surface area contributed by atoms with Crippen LogP contribution < -0.4 is 0 Å². The number of alkyl halides is 1. The van der Waals surface area contributed by atoms with Gasteiger partial charge in [0.25, 0.3) is 0 Å². The zero-order valence-electron chi connectivity index (χ0n) is 6.28. The molecule has 1 aromatic rings. The summed E-state index contributed by atoms with van der Waals surface area (Å²) >= 11 is 14.0. The van der Waals surface area contributed by atoms with Crippen molar-refractivity contribution in [2.24, 2.45) is 0 Å². The van der Waals surface area contributed by atoms with Gasteiger partial charge in [-0.1, -0.05) is 11.6 Å². The molecule has 0 aromatic heterocycles. The number of ketones is 1. The summed E-state index contributed by atoms with van der Waals surface area (Å²) in [5, 5.41) is 0.193. The fourth-order valence-corrected chi connectivity index (χ4v) is 1.93. The second kappa shape index (κ2) is 4.40. The minimum Gasteiger partial charge on any atom is -0.293 e. The van der Waals surface area contributed by atoms with Gasteiger partial charge < -0.3 is 0 Å². The topological polar surface area (TPSA) is 17.1 Å². The predicted octanol–water partition coefficient (Wildman–Crippen LogP) is 3.66. The van der Waals surface area contributed by atoms with Gasteiger partial charge in [-0.3, -0.25) is 4.79 Å². The van der Waals surface area contributed by atoms with Gasteiger partial charge >= 0.3 is 0 Å². The fourth-order valence-electron chi connectivity index (χ4n) is 0.849. The molecule has 0 radical (unpaired) electrons. The lowest BCUT2D eigenvalue weighted by Crippen LogP contribution is -2.03. The van der Waals surface area contributed by atoms with E-state index < -0.39 is 11.6 Å². The molecule has 0 unspecified atom stereocenters. The second-order valence-electron chi connectivity index (χ2n) is 2.27. The van der Waals surface area contributed by atoms with Gasteiger partial charge in [0.15, 0.2) is 5.78 Å². The van der Waals surface area contributed by atoms with Crippen molar-refractivity contribution < 1.29 is 9.18 Å². The van der Waals surface area contributed by atoms with Crippen LogP contribution in [0.3, 0.4) is 0 Å². The quantitative estimate of drug-likeness (QED) is 0.460. The molecule has 1 rings (SSSR count). The minimum atomic E-state index is -0.530. The van der Waals surface area contributed by atoms with Crippen molar-refractivity contribution in [1.82, 2.24) is 0 Å². The van der Waals surface area contributed by atoms with Crippen LogP contribution >= 0.6 is 39.1 Å². The normalized spacial score (nSPS) is 10.2. The summed E-state index contributed by atoms with van der Waals surface area (Å²) < 4.78 is 13.0. The first-order valence-corrected chi connectivity index (χ1v) is 5.01. The Bertz CT molecular complexity index is 354. The van der Waals surface area contributed by atoms with E-state index in [1.165, 1.54) is 12.1 Å². The van der Waals surface area contributed by atoms with Crippen LogP contribution in [0.15, 0.2) is 16.6 Å². The highest BCUT2D eigenvalue weighted by atomic mass is 79.9. The number of halogens is 4. The molecule has 0 aliphatic carbocycles. The molecule has 0 amide bonds. The molecule has 0 spiro atoms. The third-order valence-corrected chi connectivity index (χ3v) is 2.78. The van der Waals surface area contributed by atoms with Crippen LogP contribution in [0.4, 0.5) is 4.39 Å². The summed E-state index contributed by atoms with van der Waals surface area (Å²) in [5.74, 6) is -1.15. The van der Waals surface area contributed by atoms with Gasteiger partial charge in [-0.05, 0) is 28.1 Å². The van der Waals surface area contributed by atoms with E-state index in [1.54, 1.807) is 0 Å². The molecule has 0 N–H and O–H groups in total. The molecule has 0 atom stereocenters. The predicted molar refractivity (Wildman–Crippen MR) is 54.2 cm³/mol. The third kappa shape index (κ3) is 2.22. The highest BCUT2D eigenvalue weighted by molar-refractivity contribution is 9.10. The van der Waals surface area contributed by atoms with E-state index in [0.717, 1.165) is 0 Å². The Morgan fingerprint density at radius 1 is 1.54 bits per heavy atom. The Labute approximate surface area is 93.0 Å². The molecule has 1 nitrogen and oxygen atoms in total. The maximum atomic E-state index is 13.0. The summed E-state index contributed by atoms with van der Waals surface area (Å²) in [6, 6.07) is 2.50. The zero-order valence-corrected chi connectivity index (χ0v) is 9.38. The van der Waals surface area contributed by atoms with E-state index in [9.17, 15) is 9.18 Å². The van der Waals surface area contributed by atoms with E-state index >= 15 is 0 Å². The van der Waals surface area contributed by atoms with Crippen molar-refractivity contribution in [3.05, 3.63) is 33.0 Å². The van der Waals surface area contributed by atoms with Crippen LogP contribution in [0, 0.1) is 5.82 Å². The van der Waals surface area contributed by atoms with Crippen LogP contribution in [0.1, 0.15) is 10.4 Å². The average Bonchev–Trinajstić information content (AvgIpc) is 2.12. The van der Waals surface area contributed by atoms with Gasteiger partial charge in [-0.2, -0.15) is 0 Å². The third-order valence-electron chi connectivity index (χ3n) is 1.44. The van der Waals surface area contributed by atoms with Gasteiger partial charge in [0.2, 0.25) is 0 Å². The molecule has 0 bridgehead atoms. The number of hydrogen-bond acceptors (Lipinski definition) is 1. The Morgan fingerprint density at radius 3 is 2.69 bits per heavy atom.